The van der Waals surface area contributed by atoms with Crippen LogP contribution in [0.1, 0.15) is 44.9 Å². The fourth-order valence-corrected chi connectivity index (χ4v) is 3.73. The average molecular weight is 225 g/mol. The molecule has 0 spiro atoms. The van der Waals surface area contributed by atoms with Gasteiger partial charge in [-0.25, -0.2) is 0 Å². The lowest BCUT2D eigenvalue weighted by atomic mass is 9.83. The van der Waals surface area contributed by atoms with Gasteiger partial charge in [-0.2, -0.15) is 0 Å². The maximum atomic E-state index is 10.2. The first-order valence-electron chi connectivity index (χ1n) is 6.88. The van der Waals surface area contributed by atoms with E-state index in [2.05, 4.69) is 5.32 Å². The third kappa shape index (κ3) is 2.13. The summed E-state index contributed by atoms with van der Waals surface area (Å²) >= 11 is 0. The molecular weight excluding hydrogens is 202 g/mol. The van der Waals surface area contributed by atoms with Gasteiger partial charge in [0.05, 0.1) is 12.2 Å². The number of hydrogen-bond acceptors (Lipinski definition) is 3. The van der Waals surface area contributed by atoms with Crippen molar-refractivity contribution >= 4 is 0 Å². The Morgan fingerprint density at radius 1 is 1.19 bits per heavy atom. The van der Waals surface area contributed by atoms with Crippen LogP contribution in [0.5, 0.6) is 0 Å². The van der Waals surface area contributed by atoms with Crippen molar-refractivity contribution in [2.75, 3.05) is 6.61 Å². The molecule has 3 aliphatic heterocycles. The molecule has 3 nitrogen and oxygen atoms in total. The van der Waals surface area contributed by atoms with Gasteiger partial charge in [0.2, 0.25) is 0 Å². The Balaban J connectivity index is 1.59. The first-order chi connectivity index (χ1) is 7.83. The molecule has 92 valence electrons. The van der Waals surface area contributed by atoms with Crippen LogP contribution in [0.2, 0.25) is 0 Å². The first kappa shape index (κ1) is 11.0. The Kier molecular flexibility index (Phi) is 3.18. The van der Waals surface area contributed by atoms with E-state index in [-0.39, 0.29) is 6.10 Å². The van der Waals surface area contributed by atoms with Crippen molar-refractivity contribution in [1.29, 1.82) is 0 Å². The minimum Gasteiger partial charge on any atom is -0.393 e. The maximum absolute atomic E-state index is 10.2. The van der Waals surface area contributed by atoms with Crippen LogP contribution < -0.4 is 5.32 Å². The number of aliphatic hydroxyl groups excluding tert-OH is 1. The molecule has 3 heterocycles. The van der Waals surface area contributed by atoms with Gasteiger partial charge in [-0.05, 0) is 44.9 Å². The molecule has 3 aliphatic rings. The Hall–Kier alpha value is -0.120. The lowest BCUT2D eigenvalue weighted by molar-refractivity contribution is -0.0310. The molecule has 0 aliphatic carbocycles. The van der Waals surface area contributed by atoms with Gasteiger partial charge in [0, 0.05) is 24.6 Å². The van der Waals surface area contributed by atoms with Crippen LogP contribution in [-0.4, -0.2) is 36.0 Å². The lowest BCUT2D eigenvalue weighted by Crippen LogP contribution is -2.49. The highest BCUT2D eigenvalue weighted by molar-refractivity contribution is 4.98. The van der Waals surface area contributed by atoms with E-state index >= 15 is 0 Å². The topological polar surface area (TPSA) is 41.5 Å². The fourth-order valence-electron chi connectivity index (χ4n) is 3.73. The van der Waals surface area contributed by atoms with Gasteiger partial charge in [0.25, 0.3) is 0 Å². The Bertz CT molecular complexity index is 240. The van der Waals surface area contributed by atoms with Crippen LogP contribution in [0.4, 0.5) is 0 Å². The van der Waals surface area contributed by atoms with Gasteiger partial charge < -0.3 is 15.2 Å². The smallest absolute Gasteiger partial charge is 0.0599 e. The molecule has 5 atom stereocenters. The van der Waals surface area contributed by atoms with Gasteiger partial charge in [0.15, 0.2) is 0 Å². The molecule has 0 radical (unpaired) electrons. The van der Waals surface area contributed by atoms with E-state index in [1.807, 2.05) is 0 Å². The second-order valence-corrected chi connectivity index (χ2v) is 5.74. The number of nitrogens with one attached hydrogen (secondary N) is 1. The van der Waals surface area contributed by atoms with Crippen molar-refractivity contribution < 1.29 is 9.84 Å². The predicted molar refractivity (Wildman–Crippen MR) is 62.3 cm³/mol. The lowest BCUT2D eigenvalue weighted by Gasteiger charge is -2.37. The second kappa shape index (κ2) is 4.63. The monoisotopic (exact) mass is 225 g/mol. The molecule has 16 heavy (non-hydrogen) atoms. The van der Waals surface area contributed by atoms with E-state index in [4.69, 9.17) is 4.74 Å². The third-order valence-electron chi connectivity index (χ3n) is 4.62. The summed E-state index contributed by atoms with van der Waals surface area (Å²) in [5, 5.41) is 13.8. The maximum Gasteiger partial charge on any atom is 0.0599 e. The highest BCUT2D eigenvalue weighted by Crippen LogP contribution is 2.35. The van der Waals surface area contributed by atoms with E-state index < -0.39 is 0 Å². The predicted octanol–water partition coefficient (Wildman–Crippen LogP) is 1.45. The van der Waals surface area contributed by atoms with Crippen LogP contribution in [-0.2, 0) is 4.74 Å². The van der Waals surface area contributed by atoms with Crippen molar-refractivity contribution in [2.24, 2.45) is 5.92 Å². The van der Waals surface area contributed by atoms with E-state index in [1.165, 1.54) is 32.1 Å². The molecule has 0 aromatic carbocycles. The SMILES string of the molecule is OC1CC2CCC(N2)C1CC1CCCCO1. The van der Waals surface area contributed by atoms with Crippen molar-refractivity contribution in [3.63, 3.8) is 0 Å². The minimum atomic E-state index is -0.0933. The zero-order valence-corrected chi connectivity index (χ0v) is 9.90. The number of rotatable bonds is 2. The Morgan fingerprint density at radius 3 is 2.94 bits per heavy atom. The number of piperidine rings is 1. The molecule has 0 amide bonds. The first-order valence-corrected chi connectivity index (χ1v) is 6.88. The minimum absolute atomic E-state index is 0.0933. The molecule has 5 unspecified atom stereocenters. The van der Waals surface area contributed by atoms with E-state index in [9.17, 15) is 5.11 Å². The quantitative estimate of drug-likeness (QED) is 0.747. The molecule has 3 rings (SSSR count). The van der Waals surface area contributed by atoms with Gasteiger partial charge in [0.1, 0.15) is 0 Å². The molecular formula is C13H23NO2. The summed E-state index contributed by atoms with van der Waals surface area (Å²) in [6.45, 7) is 0.925. The summed E-state index contributed by atoms with van der Waals surface area (Å²) < 4.78 is 5.80. The van der Waals surface area contributed by atoms with E-state index in [1.54, 1.807) is 0 Å². The molecule has 3 saturated heterocycles. The highest BCUT2D eigenvalue weighted by Gasteiger charge is 2.41. The Labute approximate surface area is 97.6 Å². The summed E-state index contributed by atoms with van der Waals surface area (Å²) in [7, 11) is 0. The standard InChI is InChI=1S/C13H23NO2/c15-13-7-9-4-5-12(14-9)11(13)8-10-3-1-2-6-16-10/h9-15H,1-8H2. The van der Waals surface area contributed by atoms with Gasteiger partial charge >= 0.3 is 0 Å². The zero-order valence-electron chi connectivity index (χ0n) is 9.90. The van der Waals surface area contributed by atoms with Crippen LogP contribution in [0.25, 0.3) is 0 Å². The zero-order chi connectivity index (χ0) is 11.0. The average Bonchev–Trinajstić information content (AvgIpc) is 2.70. The fraction of sp³-hybridized carbons (Fsp3) is 1.00. The van der Waals surface area contributed by atoms with Crippen molar-refractivity contribution in [3.05, 3.63) is 0 Å². The largest absolute Gasteiger partial charge is 0.393 e. The normalized spacial score (nSPS) is 48.2. The van der Waals surface area contributed by atoms with E-state index in [0.29, 0.717) is 24.1 Å². The number of aliphatic hydroxyl groups is 1. The van der Waals surface area contributed by atoms with Crippen molar-refractivity contribution in [2.45, 2.75) is 69.2 Å². The summed E-state index contributed by atoms with van der Waals surface area (Å²) in [6, 6.07) is 1.14. The van der Waals surface area contributed by atoms with Crippen LogP contribution in [0.15, 0.2) is 0 Å². The summed E-state index contributed by atoms with van der Waals surface area (Å²) in [4.78, 5) is 0. The van der Waals surface area contributed by atoms with Crippen LogP contribution in [0.3, 0.4) is 0 Å². The van der Waals surface area contributed by atoms with Crippen LogP contribution in [0, 0.1) is 5.92 Å². The molecule has 3 heteroatoms. The molecule has 0 saturated carbocycles. The summed E-state index contributed by atoms with van der Waals surface area (Å²) in [5.41, 5.74) is 0. The second-order valence-electron chi connectivity index (χ2n) is 5.74. The van der Waals surface area contributed by atoms with Gasteiger partial charge in [-0.1, -0.05) is 0 Å². The van der Waals surface area contributed by atoms with E-state index in [0.717, 1.165) is 19.4 Å². The molecule has 0 aromatic rings. The summed E-state index contributed by atoms with van der Waals surface area (Å²) in [5.74, 6) is 0.432. The number of hydrogen-bond donors (Lipinski definition) is 2. The van der Waals surface area contributed by atoms with Gasteiger partial charge in [-0.3, -0.25) is 0 Å². The van der Waals surface area contributed by atoms with Gasteiger partial charge in [-0.15, -0.1) is 0 Å². The van der Waals surface area contributed by atoms with Crippen molar-refractivity contribution in [3.8, 4) is 0 Å². The summed E-state index contributed by atoms with van der Waals surface area (Å²) in [6.07, 6.45) is 8.54. The Morgan fingerprint density at radius 2 is 2.12 bits per heavy atom. The highest BCUT2D eigenvalue weighted by atomic mass is 16.5. The number of fused-ring (bicyclic) bond motifs is 2. The van der Waals surface area contributed by atoms with Crippen molar-refractivity contribution in [1.82, 2.24) is 5.32 Å². The third-order valence-corrected chi connectivity index (χ3v) is 4.62. The molecule has 3 fully saturated rings. The molecule has 2 N–H and O–H groups in total. The van der Waals surface area contributed by atoms with Crippen LogP contribution >= 0.6 is 0 Å². The molecule has 0 aromatic heterocycles. The molecule has 2 bridgehead atoms. The number of ether oxygens (including phenoxy) is 1.